The number of ether oxygens (including phenoxy) is 1. The summed E-state index contributed by atoms with van der Waals surface area (Å²) in [4.78, 5) is 26.7. The second-order valence-electron chi connectivity index (χ2n) is 5.68. The van der Waals surface area contributed by atoms with E-state index in [9.17, 15) is 19.8 Å². The summed E-state index contributed by atoms with van der Waals surface area (Å²) in [5.74, 6) is 4.87. The highest BCUT2D eigenvalue weighted by Crippen LogP contribution is 2.43. The monoisotopic (exact) mass is 358 g/mol. The molecule has 0 radical (unpaired) electrons. The number of amides is 1. The maximum atomic E-state index is 11.5. The van der Waals surface area contributed by atoms with Crippen molar-refractivity contribution in [1.29, 1.82) is 0 Å². The number of fused-ring (bicyclic) bond motifs is 3. The van der Waals surface area contributed by atoms with Crippen LogP contribution in [0.4, 0.5) is 0 Å². The van der Waals surface area contributed by atoms with E-state index in [4.69, 9.17) is 10.5 Å². The quantitative estimate of drug-likeness (QED) is 0.528. The number of rotatable bonds is 2. The van der Waals surface area contributed by atoms with Crippen LogP contribution in [0.5, 0.6) is 5.75 Å². The third-order valence-electron chi connectivity index (χ3n) is 3.56. The van der Waals surface area contributed by atoms with E-state index in [0.29, 0.717) is 33.7 Å². The standard InChI is InChI=1S/C17H14N2O5S/c1-17(23)8-24-12-5-3-9(2-4-10(21)7-20)6-11(12)13-14(17)25-16(19-13)15(18)22/h3,5-7,10,21,23H,8H2,1H3,(H2,18,22). The van der Waals surface area contributed by atoms with E-state index in [0.717, 1.165) is 11.3 Å². The Bertz CT molecular complexity index is 923. The van der Waals surface area contributed by atoms with E-state index in [1.165, 1.54) is 0 Å². The van der Waals surface area contributed by atoms with Gasteiger partial charge in [0.1, 0.15) is 18.0 Å². The van der Waals surface area contributed by atoms with Crippen LogP contribution >= 0.6 is 11.3 Å². The number of aromatic nitrogens is 1. The first-order chi connectivity index (χ1) is 11.8. The van der Waals surface area contributed by atoms with Gasteiger partial charge in [-0.25, -0.2) is 4.98 Å². The number of nitrogens with zero attached hydrogens (tertiary/aromatic N) is 1. The Morgan fingerprint density at radius 1 is 1.56 bits per heavy atom. The average molecular weight is 358 g/mol. The molecular weight excluding hydrogens is 344 g/mol. The van der Waals surface area contributed by atoms with Crippen LogP contribution in [0.15, 0.2) is 18.2 Å². The molecule has 0 saturated heterocycles. The van der Waals surface area contributed by atoms with E-state index in [-0.39, 0.29) is 11.6 Å². The van der Waals surface area contributed by atoms with E-state index in [1.54, 1.807) is 25.1 Å². The first-order valence-corrected chi connectivity index (χ1v) is 8.09. The van der Waals surface area contributed by atoms with Crippen molar-refractivity contribution in [2.24, 2.45) is 5.73 Å². The lowest BCUT2D eigenvalue weighted by molar-refractivity contribution is -0.112. The van der Waals surface area contributed by atoms with Crippen molar-refractivity contribution >= 4 is 23.5 Å². The molecule has 2 heterocycles. The number of hydrogen-bond acceptors (Lipinski definition) is 7. The van der Waals surface area contributed by atoms with Crippen molar-refractivity contribution in [2.75, 3.05) is 6.61 Å². The Balaban J connectivity index is 2.16. The molecule has 2 aromatic rings. The van der Waals surface area contributed by atoms with Gasteiger partial charge in [-0.3, -0.25) is 9.59 Å². The Morgan fingerprint density at radius 3 is 3.00 bits per heavy atom. The predicted octanol–water partition coefficient (Wildman–Crippen LogP) is 0.420. The minimum Gasteiger partial charge on any atom is -0.489 e. The number of primary amides is 1. The summed E-state index contributed by atoms with van der Waals surface area (Å²) in [6.45, 7) is 1.56. The van der Waals surface area contributed by atoms with Gasteiger partial charge in [0.05, 0.1) is 10.6 Å². The van der Waals surface area contributed by atoms with Gasteiger partial charge in [-0.1, -0.05) is 11.8 Å². The molecule has 1 aliphatic rings. The fraction of sp³-hybridized carbons (Fsp3) is 0.235. The van der Waals surface area contributed by atoms with Crippen LogP contribution in [0.1, 0.15) is 27.2 Å². The molecule has 4 N–H and O–H groups in total. The highest BCUT2D eigenvalue weighted by molar-refractivity contribution is 7.14. The highest BCUT2D eigenvalue weighted by Gasteiger charge is 2.36. The van der Waals surface area contributed by atoms with Crippen molar-refractivity contribution in [3.63, 3.8) is 0 Å². The summed E-state index contributed by atoms with van der Waals surface area (Å²) >= 11 is 1.02. The number of carbonyl (C=O) groups excluding carboxylic acids is 2. The summed E-state index contributed by atoms with van der Waals surface area (Å²) in [7, 11) is 0. The molecule has 2 atom stereocenters. The zero-order valence-corrected chi connectivity index (χ0v) is 14.0. The summed E-state index contributed by atoms with van der Waals surface area (Å²) in [5, 5.41) is 20.0. The Kier molecular flexibility index (Phi) is 4.30. The van der Waals surface area contributed by atoms with Crippen molar-refractivity contribution in [3.05, 3.63) is 33.6 Å². The molecule has 1 aliphatic heterocycles. The molecule has 25 heavy (non-hydrogen) atoms. The Hall–Kier alpha value is -2.73. The number of aldehydes is 1. The minimum absolute atomic E-state index is 0.0116. The molecule has 0 fully saturated rings. The van der Waals surface area contributed by atoms with Crippen LogP contribution in [0.25, 0.3) is 11.3 Å². The van der Waals surface area contributed by atoms with Gasteiger partial charge < -0.3 is 20.7 Å². The van der Waals surface area contributed by atoms with Gasteiger partial charge in [-0.05, 0) is 25.1 Å². The SMILES string of the molecule is CC1(O)COc2ccc(C#CC(O)C=O)cc2-c2nc(C(N)=O)sc21. The average Bonchev–Trinajstić information content (AvgIpc) is 3.01. The fourth-order valence-electron chi connectivity index (χ4n) is 2.37. The molecule has 0 saturated carbocycles. The lowest BCUT2D eigenvalue weighted by Gasteiger charge is -2.19. The van der Waals surface area contributed by atoms with Crippen LogP contribution in [0.3, 0.4) is 0 Å². The molecule has 128 valence electrons. The molecule has 0 bridgehead atoms. The summed E-state index contributed by atoms with van der Waals surface area (Å²) in [6, 6.07) is 4.97. The van der Waals surface area contributed by atoms with Gasteiger partial charge in [0.25, 0.3) is 5.91 Å². The van der Waals surface area contributed by atoms with Gasteiger partial charge in [-0.15, -0.1) is 11.3 Å². The van der Waals surface area contributed by atoms with Crippen molar-refractivity contribution in [1.82, 2.24) is 4.98 Å². The molecule has 1 amide bonds. The third kappa shape index (κ3) is 3.25. The van der Waals surface area contributed by atoms with Crippen molar-refractivity contribution < 1.29 is 24.5 Å². The first-order valence-electron chi connectivity index (χ1n) is 7.27. The topological polar surface area (TPSA) is 123 Å². The molecule has 8 heteroatoms. The van der Waals surface area contributed by atoms with Crippen LogP contribution in [-0.4, -0.2) is 40.1 Å². The van der Waals surface area contributed by atoms with Crippen LogP contribution in [-0.2, 0) is 10.4 Å². The highest BCUT2D eigenvalue weighted by atomic mass is 32.1. The lowest BCUT2D eigenvalue weighted by Crippen LogP contribution is -2.27. The summed E-state index contributed by atoms with van der Waals surface area (Å²) in [5.41, 5.74) is 5.44. The maximum Gasteiger partial charge on any atom is 0.277 e. The van der Waals surface area contributed by atoms with Gasteiger partial charge in [0.15, 0.2) is 17.4 Å². The van der Waals surface area contributed by atoms with E-state index in [1.807, 2.05) is 0 Å². The smallest absolute Gasteiger partial charge is 0.277 e. The molecular formula is C17H14N2O5S. The molecule has 0 aliphatic carbocycles. The zero-order valence-electron chi connectivity index (χ0n) is 13.1. The first kappa shape index (κ1) is 17.1. The predicted molar refractivity (Wildman–Crippen MR) is 90.1 cm³/mol. The van der Waals surface area contributed by atoms with E-state index in [2.05, 4.69) is 16.8 Å². The Labute approximate surface area is 147 Å². The van der Waals surface area contributed by atoms with E-state index < -0.39 is 17.6 Å². The third-order valence-corrected chi connectivity index (χ3v) is 4.89. The normalized spacial score (nSPS) is 19.3. The van der Waals surface area contributed by atoms with Crippen LogP contribution in [0, 0.1) is 11.8 Å². The number of aliphatic hydroxyl groups excluding tert-OH is 1. The second kappa shape index (κ2) is 6.29. The van der Waals surface area contributed by atoms with E-state index >= 15 is 0 Å². The molecule has 1 aromatic heterocycles. The lowest BCUT2D eigenvalue weighted by atomic mass is 10.0. The van der Waals surface area contributed by atoms with Crippen LogP contribution < -0.4 is 10.5 Å². The summed E-state index contributed by atoms with van der Waals surface area (Å²) in [6.07, 6.45) is -1.04. The zero-order chi connectivity index (χ0) is 18.2. The molecule has 7 nitrogen and oxygen atoms in total. The van der Waals surface area contributed by atoms with Gasteiger partial charge >= 0.3 is 0 Å². The van der Waals surface area contributed by atoms with Gasteiger partial charge in [0, 0.05) is 11.1 Å². The molecule has 2 unspecified atom stereocenters. The summed E-state index contributed by atoms with van der Waals surface area (Å²) < 4.78 is 5.65. The number of benzene rings is 1. The molecule has 0 spiro atoms. The number of nitrogens with two attached hydrogens (primary N) is 1. The van der Waals surface area contributed by atoms with Crippen LogP contribution in [0.2, 0.25) is 0 Å². The largest absolute Gasteiger partial charge is 0.489 e. The van der Waals surface area contributed by atoms with Crippen molar-refractivity contribution in [3.8, 4) is 28.8 Å². The number of aliphatic hydroxyl groups is 2. The fourth-order valence-corrected chi connectivity index (χ4v) is 3.33. The van der Waals surface area contributed by atoms with Gasteiger partial charge in [-0.2, -0.15) is 0 Å². The Morgan fingerprint density at radius 2 is 2.32 bits per heavy atom. The van der Waals surface area contributed by atoms with Gasteiger partial charge in [0.2, 0.25) is 0 Å². The maximum absolute atomic E-state index is 11.5. The molecule has 1 aromatic carbocycles. The molecule has 3 rings (SSSR count). The minimum atomic E-state index is -1.37. The second-order valence-corrected chi connectivity index (χ2v) is 6.68. The number of thiazole rings is 1. The van der Waals surface area contributed by atoms with Crippen molar-refractivity contribution in [2.45, 2.75) is 18.6 Å². The number of carbonyl (C=O) groups is 2. The number of hydrogen-bond donors (Lipinski definition) is 3.